The molecule has 0 spiro atoms. The maximum absolute atomic E-state index is 11.5. The summed E-state index contributed by atoms with van der Waals surface area (Å²) in [7, 11) is -4.14. The SMILES string of the molecule is O=S(=O)(O)[C@@H]1C[C@@H]2[C@@H](c3ccccc31)N1ON2O1. The third kappa shape index (κ3) is 1.27. The van der Waals surface area contributed by atoms with E-state index in [1.54, 1.807) is 12.1 Å². The van der Waals surface area contributed by atoms with Gasteiger partial charge in [0.25, 0.3) is 10.1 Å². The minimum Gasteiger partial charge on any atom is -0.285 e. The highest BCUT2D eigenvalue weighted by molar-refractivity contribution is 7.86. The fraction of sp³-hybridized carbons (Fsp3) is 0.400. The standard InChI is InChI=1S/C10H10N2O5S/c13-18(14,15)9-5-8-10(12-16-11(8)17-12)7-4-2-1-3-6(7)9/h1-4,8-10H,5H2,(H,13,14,15)/t8-,9-,10-/m1/s1. The van der Waals surface area contributed by atoms with E-state index in [0.717, 1.165) is 5.56 Å². The van der Waals surface area contributed by atoms with E-state index in [2.05, 4.69) is 0 Å². The minimum atomic E-state index is -4.14. The summed E-state index contributed by atoms with van der Waals surface area (Å²) in [6, 6.07) is 6.78. The van der Waals surface area contributed by atoms with Gasteiger partial charge in [-0.2, -0.15) is 18.3 Å². The van der Waals surface area contributed by atoms with E-state index >= 15 is 0 Å². The van der Waals surface area contributed by atoms with Gasteiger partial charge in [0.1, 0.15) is 11.3 Å². The molecular formula is C10H10N2O5S. The molecule has 1 N–H and O–H groups in total. The number of benzene rings is 1. The topological polar surface area (TPSA) is 79.3 Å². The number of hydrogen-bond donors (Lipinski definition) is 1. The molecule has 0 aromatic heterocycles. The van der Waals surface area contributed by atoms with Crippen LogP contribution >= 0.6 is 0 Å². The Balaban J connectivity index is 1.90. The summed E-state index contributed by atoms with van der Waals surface area (Å²) in [5.74, 6) is 0. The second kappa shape index (κ2) is 3.29. The van der Waals surface area contributed by atoms with Crippen molar-refractivity contribution in [1.29, 1.82) is 0 Å². The summed E-state index contributed by atoms with van der Waals surface area (Å²) < 4.78 is 32.4. The van der Waals surface area contributed by atoms with Crippen molar-refractivity contribution in [2.45, 2.75) is 23.8 Å². The summed E-state index contributed by atoms with van der Waals surface area (Å²) in [5, 5.41) is 1.70. The third-order valence-corrected chi connectivity index (χ3v) is 4.83. The van der Waals surface area contributed by atoms with Crippen molar-refractivity contribution in [3.63, 3.8) is 0 Å². The summed E-state index contributed by atoms with van der Waals surface area (Å²) in [4.78, 5) is 10.4. The normalized spacial score (nSPS) is 40.8. The highest BCUT2D eigenvalue weighted by atomic mass is 32.2. The quantitative estimate of drug-likeness (QED) is 0.754. The van der Waals surface area contributed by atoms with Gasteiger partial charge in [0.2, 0.25) is 0 Å². The van der Waals surface area contributed by atoms with E-state index in [1.807, 2.05) is 12.1 Å². The monoisotopic (exact) mass is 270 g/mol. The molecule has 1 aliphatic carbocycles. The molecule has 0 amide bonds. The van der Waals surface area contributed by atoms with Gasteiger partial charge in [-0.05, 0) is 28.0 Å². The van der Waals surface area contributed by atoms with E-state index in [9.17, 15) is 13.0 Å². The third-order valence-electron chi connectivity index (χ3n) is 3.66. The Labute approximate surface area is 103 Å². The predicted molar refractivity (Wildman–Crippen MR) is 57.7 cm³/mol. The average Bonchev–Trinajstić information content (AvgIpc) is 2.79. The molecule has 3 fully saturated rings. The van der Waals surface area contributed by atoms with Crippen molar-refractivity contribution in [3.8, 4) is 0 Å². The molecule has 7 nitrogen and oxygen atoms in total. The van der Waals surface area contributed by atoms with Crippen molar-refractivity contribution < 1.29 is 22.8 Å². The Kier molecular flexibility index (Phi) is 1.99. The van der Waals surface area contributed by atoms with Crippen molar-refractivity contribution in [3.05, 3.63) is 35.4 Å². The molecule has 0 saturated carbocycles. The van der Waals surface area contributed by atoms with Crippen molar-refractivity contribution in [1.82, 2.24) is 10.5 Å². The Morgan fingerprint density at radius 2 is 1.83 bits per heavy atom. The van der Waals surface area contributed by atoms with Gasteiger partial charge in [-0.25, -0.2) is 0 Å². The fourth-order valence-corrected chi connectivity index (χ4v) is 3.86. The molecule has 3 aliphatic heterocycles. The van der Waals surface area contributed by atoms with E-state index in [4.69, 9.17) is 9.88 Å². The Bertz CT molecular complexity index is 612. The second-order valence-electron chi connectivity index (χ2n) is 4.61. The molecular weight excluding hydrogens is 260 g/mol. The molecule has 0 radical (unpaired) electrons. The number of nitrogens with zero attached hydrogens (tertiary/aromatic N) is 2. The van der Waals surface area contributed by atoms with Gasteiger partial charge in [-0.1, -0.05) is 24.3 Å². The van der Waals surface area contributed by atoms with Crippen LogP contribution in [-0.2, 0) is 20.0 Å². The Morgan fingerprint density at radius 3 is 2.50 bits per heavy atom. The zero-order chi connectivity index (χ0) is 12.5. The van der Waals surface area contributed by atoms with Crippen LogP contribution in [0, 0.1) is 0 Å². The molecule has 3 saturated heterocycles. The van der Waals surface area contributed by atoms with Crippen molar-refractivity contribution >= 4 is 10.1 Å². The zero-order valence-corrected chi connectivity index (χ0v) is 9.95. The zero-order valence-electron chi connectivity index (χ0n) is 9.13. The number of hydrogen-bond acceptors (Lipinski definition) is 6. The second-order valence-corrected chi connectivity index (χ2v) is 6.21. The minimum absolute atomic E-state index is 0.140. The molecule has 0 unspecified atom stereocenters. The van der Waals surface area contributed by atoms with Gasteiger partial charge >= 0.3 is 0 Å². The molecule has 4 aliphatic rings. The van der Waals surface area contributed by atoms with Gasteiger partial charge in [0, 0.05) is 0 Å². The lowest BCUT2D eigenvalue weighted by atomic mass is 9.85. The maximum atomic E-state index is 11.5. The lowest BCUT2D eigenvalue weighted by Gasteiger charge is -2.28. The van der Waals surface area contributed by atoms with Crippen molar-refractivity contribution in [2.24, 2.45) is 0 Å². The Hall–Kier alpha value is -1.03. The molecule has 5 rings (SSSR count). The van der Waals surface area contributed by atoms with Crippen molar-refractivity contribution in [2.75, 3.05) is 0 Å². The van der Waals surface area contributed by atoms with Crippen LogP contribution in [0.4, 0.5) is 0 Å². The largest absolute Gasteiger partial charge is 0.285 e. The van der Waals surface area contributed by atoms with E-state index in [0.29, 0.717) is 5.56 Å². The fourth-order valence-electron chi connectivity index (χ4n) is 2.88. The molecule has 18 heavy (non-hydrogen) atoms. The van der Waals surface area contributed by atoms with E-state index < -0.39 is 15.4 Å². The molecule has 1 aromatic carbocycles. The van der Waals surface area contributed by atoms with Gasteiger partial charge < -0.3 is 0 Å². The first-order valence-electron chi connectivity index (χ1n) is 5.55. The van der Waals surface area contributed by atoms with Crippen LogP contribution in [0.25, 0.3) is 0 Å². The smallest absolute Gasteiger partial charge is 0.272 e. The summed E-state index contributed by atoms with van der Waals surface area (Å²) in [6.45, 7) is 0. The lowest BCUT2D eigenvalue weighted by molar-refractivity contribution is -0.677. The molecule has 2 bridgehead atoms. The van der Waals surface area contributed by atoms with Gasteiger partial charge in [-0.3, -0.25) is 4.55 Å². The van der Waals surface area contributed by atoms with E-state index in [-0.39, 0.29) is 18.5 Å². The van der Waals surface area contributed by atoms with Crippen LogP contribution in [0.2, 0.25) is 0 Å². The lowest BCUT2D eigenvalue weighted by Crippen LogP contribution is -2.40. The first kappa shape index (κ1) is 10.9. The van der Waals surface area contributed by atoms with Crippen LogP contribution in [-0.4, -0.2) is 29.5 Å². The van der Waals surface area contributed by atoms with Crippen LogP contribution in [0.1, 0.15) is 28.8 Å². The molecule has 3 heterocycles. The van der Waals surface area contributed by atoms with Gasteiger partial charge in [0.15, 0.2) is 0 Å². The highest BCUT2D eigenvalue weighted by Crippen LogP contribution is 2.52. The molecule has 96 valence electrons. The average molecular weight is 270 g/mol. The van der Waals surface area contributed by atoms with Crippen LogP contribution in [0.3, 0.4) is 0 Å². The van der Waals surface area contributed by atoms with Gasteiger partial charge in [0.05, 0.1) is 6.04 Å². The number of rotatable bonds is 1. The summed E-state index contributed by atoms with van der Waals surface area (Å²) in [5.41, 5.74) is 1.43. The first-order chi connectivity index (χ1) is 8.55. The number of fused-ring (bicyclic) bond motifs is 1. The first-order valence-corrected chi connectivity index (χ1v) is 7.06. The number of hydroxylamine groups is 4. The summed E-state index contributed by atoms with van der Waals surface area (Å²) in [6.07, 6.45) is 0.247. The summed E-state index contributed by atoms with van der Waals surface area (Å²) >= 11 is 0. The maximum Gasteiger partial charge on any atom is 0.272 e. The van der Waals surface area contributed by atoms with Gasteiger partial charge in [-0.15, -0.1) is 0 Å². The predicted octanol–water partition coefficient (Wildman–Crippen LogP) is 0.753. The van der Waals surface area contributed by atoms with Crippen LogP contribution in [0.5, 0.6) is 0 Å². The Morgan fingerprint density at radius 1 is 1.17 bits per heavy atom. The molecule has 1 aromatic rings. The highest BCUT2D eigenvalue weighted by Gasteiger charge is 2.59. The molecule has 8 heteroatoms. The van der Waals surface area contributed by atoms with E-state index in [1.165, 1.54) is 10.5 Å². The molecule has 3 atom stereocenters. The van der Waals surface area contributed by atoms with Crippen LogP contribution < -0.4 is 0 Å². The van der Waals surface area contributed by atoms with Crippen LogP contribution in [0.15, 0.2) is 24.3 Å².